The quantitative estimate of drug-likeness (QED) is 0.801. The van der Waals surface area contributed by atoms with Crippen molar-refractivity contribution in [3.63, 3.8) is 0 Å². The predicted molar refractivity (Wildman–Crippen MR) is 70.3 cm³/mol. The van der Waals surface area contributed by atoms with Crippen molar-refractivity contribution in [2.24, 2.45) is 5.41 Å². The number of hydrogen-bond donors (Lipinski definition) is 1. The van der Waals surface area contributed by atoms with Gasteiger partial charge in [0.25, 0.3) is 0 Å². The first kappa shape index (κ1) is 12.4. The minimum Gasteiger partial charge on any atom is -0.355 e. The van der Waals surface area contributed by atoms with Crippen LogP contribution in [0.4, 0.5) is 0 Å². The summed E-state index contributed by atoms with van der Waals surface area (Å²) in [6.45, 7) is 2.77. The van der Waals surface area contributed by atoms with E-state index < -0.39 is 0 Å². The van der Waals surface area contributed by atoms with Crippen molar-refractivity contribution in [3.05, 3.63) is 35.4 Å². The molecule has 0 aliphatic heterocycles. The molecule has 1 saturated carbocycles. The Kier molecular flexibility index (Phi) is 3.72. The van der Waals surface area contributed by atoms with E-state index in [1.807, 2.05) is 31.2 Å². The molecule has 1 aliphatic rings. The Hall–Kier alpha value is -1.02. The first-order valence-corrected chi connectivity index (χ1v) is 6.55. The van der Waals surface area contributed by atoms with Gasteiger partial charge < -0.3 is 5.32 Å². The number of carbonyl (C=O) groups excluding carboxylic acids is 1. The number of amides is 1. The van der Waals surface area contributed by atoms with Crippen LogP contribution in [0.25, 0.3) is 0 Å². The Balaban J connectivity index is 1.79. The second kappa shape index (κ2) is 5.09. The maximum absolute atomic E-state index is 11.7. The van der Waals surface area contributed by atoms with E-state index in [1.165, 1.54) is 5.56 Å². The van der Waals surface area contributed by atoms with Gasteiger partial charge in [-0.25, -0.2) is 0 Å². The number of hydrogen-bond acceptors (Lipinski definition) is 1. The summed E-state index contributed by atoms with van der Waals surface area (Å²) in [7, 11) is 0. The van der Waals surface area contributed by atoms with Gasteiger partial charge in [0.1, 0.15) is 0 Å². The van der Waals surface area contributed by atoms with Gasteiger partial charge in [0, 0.05) is 17.8 Å². The number of aryl methyl sites for hydroxylation is 1. The van der Waals surface area contributed by atoms with E-state index in [2.05, 4.69) is 5.32 Å². The molecule has 3 heteroatoms. The average molecular weight is 252 g/mol. The molecule has 0 radical (unpaired) electrons. The van der Waals surface area contributed by atoms with Crippen molar-refractivity contribution in [1.29, 1.82) is 0 Å². The molecule has 92 valence electrons. The maximum atomic E-state index is 11.7. The van der Waals surface area contributed by atoms with Gasteiger partial charge in [0.15, 0.2) is 0 Å². The van der Waals surface area contributed by atoms with Crippen LogP contribution in [0.1, 0.15) is 24.0 Å². The van der Waals surface area contributed by atoms with Crippen molar-refractivity contribution in [2.45, 2.75) is 26.2 Å². The highest BCUT2D eigenvalue weighted by Crippen LogP contribution is 2.45. The molecule has 1 aromatic carbocycles. The second-order valence-corrected chi connectivity index (χ2v) is 5.34. The van der Waals surface area contributed by atoms with E-state index in [-0.39, 0.29) is 11.3 Å². The van der Waals surface area contributed by atoms with Crippen LogP contribution in [0.5, 0.6) is 0 Å². The van der Waals surface area contributed by atoms with Crippen LogP contribution in [0, 0.1) is 12.3 Å². The molecule has 1 fully saturated rings. The molecular weight excluding hydrogens is 234 g/mol. The number of nitrogens with one attached hydrogen (secondary N) is 1. The maximum Gasteiger partial charge on any atom is 0.224 e. The lowest BCUT2D eigenvalue weighted by Gasteiger charge is -2.12. The molecule has 1 amide bonds. The molecular formula is C14H18ClNO. The Morgan fingerprint density at radius 2 is 2.00 bits per heavy atom. The van der Waals surface area contributed by atoms with Crippen LogP contribution >= 0.6 is 11.6 Å². The Bertz CT molecular complexity index is 395. The van der Waals surface area contributed by atoms with Gasteiger partial charge in [-0.1, -0.05) is 29.8 Å². The minimum atomic E-state index is 0.0882. The molecule has 17 heavy (non-hydrogen) atoms. The van der Waals surface area contributed by atoms with Crippen molar-refractivity contribution < 1.29 is 4.79 Å². The molecule has 0 saturated heterocycles. The molecule has 1 aliphatic carbocycles. The van der Waals surface area contributed by atoms with Gasteiger partial charge in [0.2, 0.25) is 5.91 Å². The summed E-state index contributed by atoms with van der Waals surface area (Å²) in [6.07, 6.45) is 2.74. The third-order valence-electron chi connectivity index (χ3n) is 3.39. The highest BCUT2D eigenvalue weighted by molar-refractivity contribution is 6.18. The molecule has 2 rings (SSSR count). The molecule has 0 bridgehead atoms. The van der Waals surface area contributed by atoms with Gasteiger partial charge in [-0.15, -0.1) is 11.6 Å². The smallest absolute Gasteiger partial charge is 0.224 e. The van der Waals surface area contributed by atoms with E-state index in [0.717, 1.165) is 24.9 Å². The van der Waals surface area contributed by atoms with Crippen LogP contribution in [0.15, 0.2) is 24.3 Å². The van der Waals surface area contributed by atoms with E-state index in [0.29, 0.717) is 12.3 Å². The monoisotopic (exact) mass is 251 g/mol. The van der Waals surface area contributed by atoms with E-state index >= 15 is 0 Å². The lowest BCUT2D eigenvalue weighted by molar-refractivity contribution is -0.120. The normalized spacial score (nSPS) is 16.6. The summed E-state index contributed by atoms with van der Waals surface area (Å²) in [5, 5.41) is 2.98. The van der Waals surface area contributed by atoms with Gasteiger partial charge in [-0.3, -0.25) is 4.79 Å². The Labute approximate surface area is 107 Å². The van der Waals surface area contributed by atoms with Crippen molar-refractivity contribution in [3.8, 4) is 0 Å². The highest BCUT2D eigenvalue weighted by atomic mass is 35.5. The summed E-state index contributed by atoms with van der Waals surface area (Å²) in [6, 6.07) is 8.07. The molecule has 0 spiro atoms. The largest absolute Gasteiger partial charge is 0.355 e. The summed E-state index contributed by atoms with van der Waals surface area (Å²) >= 11 is 5.87. The van der Waals surface area contributed by atoms with E-state index in [1.54, 1.807) is 0 Å². The zero-order valence-corrected chi connectivity index (χ0v) is 10.9. The average Bonchev–Trinajstić information content (AvgIpc) is 3.10. The van der Waals surface area contributed by atoms with E-state index in [9.17, 15) is 4.79 Å². The standard InChI is InChI=1S/C14H18ClNO/c1-11-2-4-12(5-3-11)8-13(17)16-10-14(9-15)6-7-14/h2-5H,6-10H2,1H3,(H,16,17). The first-order valence-electron chi connectivity index (χ1n) is 6.02. The number of halogens is 1. The Morgan fingerprint density at radius 3 is 2.53 bits per heavy atom. The summed E-state index contributed by atoms with van der Waals surface area (Å²) in [5.74, 6) is 0.739. The van der Waals surface area contributed by atoms with Gasteiger partial charge in [-0.05, 0) is 25.3 Å². The van der Waals surface area contributed by atoms with Crippen LogP contribution in [-0.2, 0) is 11.2 Å². The molecule has 1 aromatic rings. The van der Waals surface area contributed by atoms with Crippen molar-refractivity contribution in [1.82, 2.24) is 5.32 Å². The minimum absolute atomic E-state index is 0.0882. The van der Waals surface area contributed by atoms with Crippen LogP contribution in [0.3, 0.4) is 0 Å². The first-order chi connectivity index (χ1) is 8.13. The van der Waals surface area contributed by atoms with Crippen molar-refractivity contribution >= 4 is 17.5 Å². The summed E-state index contributed by atoms with van der Waals surface area (Å²) < 4.78 is 0. The SMILES string of the molecule is Cc1ccc(CC(=O)NCC2(CCl)CC2)cc1. The molecule has 0 aromatic heterocycles. The molecule has 0 atom stereocenters. The zero-order valence-electron chi connectivity index (χ0n) is 10.1. The predicted octanol–water partition coefficient (Wildman–Crippen LogP) is 2.67. The number of benzene rings is 1. The lowest BCUT2D eigenvalue weighted by atomic mass is 10.1. The zero-order chi connectivity index (χ0) is 12.3. The Morgan fingerprint density at radius 1 is 1.35 bits per heavy atom. The highest BCUT2D eigenvalue weighted by Gasteiger charge is 2.41. The number of alkyl halides is 1. The van der Waals surface area contributed by atoms with Crippen molar-refractivity contribution in [2.75, 3.05) is 12.4 Å². The third kappa shape index (κ3) is 3.47. The van der Waals surface area contributed by atoms with E-state index in [4.69, 9.17) is 11.6 Å². The van der Waals surface area contributed by atoms with Crippen LogP contribution in [-0.4, -0.2) is 18.3 Å². The topological polar surface area (TPSA) is 29.1 Å². The van der Waals surface area contributed by atoms with Crippen LogP contribution in [0.2, 0.25) is 0 Å². The molecule has 1 N–H and O–H groups in total. The fourth-order valence-corrected chi connectivity index (χ4v) is 2.14. The van der Waals surface area contributed by atoms with Gasteiger partial charge in [-0.2, -0.15) is 0 Å². The fraction of sp³-hybridized carbons (Fsp3) is 0.500. The molecule has 0 heterocycles. The molecule has 2 nitrogen and oxygen atoms in total. The number of carbonyl (C=O) groups is 1. The number of rotatable bonds is 5. The fourth-order valence-electron chi connectivity index (χ4n) is 1.77. The van der Waals surface area contributed by atoms with Gasteiger partial charge >= 0.3 is 0 Å². The van der Waals surface area contributed by atoms with Gasteiger partial charge in [0.05, 0.1) is 6.42 Å². The lowest BCUT2D eigenvalue weighted by Crippen LogP contribution is -2.32. The summed E-state index contributed by atoms with van der Waals surface area (Å²) in [4.78, 5) is 11.7. The second-order valence-electron chi connectivity index (χ2n) is 5.07. The third-order valence-corrected chi connectivity index (χ3v) is 3.95. The van der Waals surface area contributed by atoms with Crippen LogP contribution < -0.4 is 5.32 Å². The molecule has 0 unspecified atom stereocenters. The summed E-state index contributed by atoms with van der Waals surface area (Å²) in [5.41, 5.74) is 2.47.